The maximum absolute atomic E-state index is 12.7. The van der Waals surface area contributed by atoms with Crippen molar-refractivity contribution in [2.75, 3.05) is 12.3 Å². The van der Waals surface area contributed by atoms with E-state index < -0.39 is 42.5 Å². The summed E-state index contributed by atoms with van der Waals surface area (Å²) in [7, 11) is 0. The number of carbonyl (C=O) groups excluding carboxylic acids is 2. The van der Waals surface area contributed by atoms with Gasteiger partial charge in [-0.25, -0.2) is 14.3 Å². The van der Waals surface area contributed by atoms with E-state index >= 15 is 0 Å². The van der Waals surface area contributed by atoms with Gasteiger partial charge < -0.3 is 30.7 Å². The van der Waals surface area contributed by atoms with Crippen LogP contribution in [-0.4, -0.2) is 67.6 Å². The summed E-state index contributed by atoms with van der Waals surface area (Å²) in [6.45, 7) is 6.87. The average molecular weight is 475 g/mol. The normalized spacial score (nSPS) is 25.4. The van der Waals surface area contributed by atoms with E-state index in [1.807, 2.05) is 19.9 Å². The third kappa shape index (κ3) is 4.68. The van der Waals surface area contributed by atoms with Crippen LogP contribution in [0.1, 0.15) is 39.8 Å². The minimum absolute atomic E-state index is 0.122. The van der Waals surface area contributed by atoms with Gasteiger partial charge in [0.25, 0.3) is 0 Å². The van der Waals surface area contributed by atoms with Crippen molar-refractivity contribution >= 4 is 23.2 Å². The molecule has 0 spiro atoms. The Hall–Kier alpha value is -3.27. The number of fused-ring (bicyclic) bond motifs is 1. The standard InChI is InChI=1S/C22H30N6O6/c1-11(2)7-16(29)27-17(12(3)4)21(32)33-8-14-18(30)19(31)22(9-23,34-14)15-6-5-13-20(24)25-10-26-28(13)15/h5-6,10-12,14,17-19,30-31H,7-8H2,1-4H3,(H,27,29)(H2,24,25,26)/t14-,17?,18-,19-,22+/m1/s1. The Morgan fingerprint density at radius 2 is 2.06 bits per heavy atom. The summed E-state index contributed by atoms with van der Waals surface area (Å²) in [6, 6.07) is 4.08. The number of nitriles is 1. The second-order valence-corrected chi connectivity index (χ2v) is 9.12. The van der Waals surface area contributed by atoms with Gasteiger partial charge in [-0.05, 0) is 24.0 Å². The first-order chi connectivity index (χ1) is 16.0. The van der Waals surface area contributed by atoms with E-state index in [9.17, 15) is 25.1 Å². The van der Waals surface area contributed by atoms with E-state index in [0.29, 0.717) is 5.52 Å². The SMILES string of the molecule is CC(C)CC(=O)NC(C(=O)OC[C@H]1O[C@@](C#N)(c2ccc3c(N)ncnn23)[C@H](O)[C@@H]1O)C(C)C. The van der Waals surface area contributed by atoms with E-state index in [1.165, 1.54) is 16.9 Å². The highest BCUT2D eigenvalue weighted by Gasteiger charge is 2.58. The summed E-state index contributed by atoms with van der Waals surface area (Å²) in [5, 5.41) is 38.0. The topological polar surface area (TPSA) is 185 Å². The van der Waals surface area contributed by atoms with Gasteiger partial charge in [0, 0.05) is 6.42 Å². The van der Waals surface area contributed by atoms with Gasteiger partial charge in [0.2, 0.25) is 11.5 Å². The minimum Gasteiger partial charge on any atom is -0.461 e. The highest BCUT2D eigenvalue weighted by atomic mass is 16.6. The zero-order chi connectivity index (χ0) is 25.2. The predicted molar refractivity (Wildman–Crippen MR) is 119 cm³/mol. The molecule has 184 valence electrons. The molecule has 12 nitrogen and oxygen atoms in total. The fourth-order valence-electron chi connectivity index (χ4n) is 3.91. The molecule has 1 fully saturated rings. The van der Waals surface area contributed by atoms with E-state index in [1.54, 1.807) is 19.9 Å². The molecule has 0 saturated carbocycles. The van der Waals surface area contributed by atoms with Gasteiger partial charge in [0.05, 0.1) is 5.69 Å². The fraction of sp³-hybridized carbons (Fsp3) is 0.591. The van der Waals surface area contributed by atoms with Gasteiger partial charge in [0.15, 0.2) is 5.82 Å². The number of aromatic nitrogens is 3. The number of carbonyl (C=O) groups is 2. The zero-order valence-electron chi connectivity index (χ0n) is 19.5. The monoisotopic (exact) mass is 474 g/mol. The molecule has 5 atom stereocenters. The van der Waals surface area contributed by atoms with Crippen LogP contribution in [0.15, 0.2) is 18.5 Å². The highest BCUT2D eigenvalue weighted by molar-refractivity contribution is 5.84. The molecular weight excluding hydrogens is 444 g/mol. The van der Waals surface area contributed by atoms with Crippen molar-refractivity contribution in [3.05, 3.63) is 24.2 Å². The van der Waals surface area contributed by atoms with Crippen molar-refractivity contribution in [2.24, 2.45) is 11.8 Å². The molecule has 12 heteroatoms. The number of nitrogens with one attached hydrogen (secondary N) is 1. The van der Waals surface area contributed by atoms with Crippen LogP contribution in [0, 0.1) is 23.2 Å². The Morgan fingerprint density at radius 1 is 1.35 bits per heavy atom. The second-order valence-electron chi connectivity index (χ2n) is 9.12. The molecule has 2 aromatic heterocycles. The van der Waals surface area contributed by atoms with Crippen LogP contribution in [0.2, 0.25) is 0 Å². The molecule has 1 amide bonds. The lowest BCUT2D eigenvalue weighted by Gasteiger charge is -2.24. The van der Waals surface area contributed by atoms with E-state index in [2.05, 4.69) is 15.4 Å². The summed E-state index contributed by atoms with van der Waals surface area (Å²) >= 11 is 0. The Bertz CT molecular complexity index is 1100. The third-order valence-corrected chi connectivity index (χ3v) is 5.71. The Kier molecular flexibility index (Phi) is 7.40. The number of nitrogens with zero attached hydrogens (tertiary/aromatic N) is 4. The molecule has 3 heterocycles. The van der Waals surface area contributed by atoms with Crippen LogP contribution >= 0.6 is 0 Å². The number of hydrogen-bond acceptors (Lipinski definition) is 10. The molecule has 3 rings (SSSR count). The number of esters is 1. The van der Waals surface area contributed by atoms with Crippen molar-refractivity contribution in [2.45, 2.75) is 64.1 Å². The average Bonchev–Trinajstić information content (AvgIpc) is 3.31. The number of amides is 1. The Morgan fingerprint density at radius 3 is 2.68 bits per heavy atom. The van der Waals surface area contributed by atoms with E-state index in [4.69, 9.17) is 15.2 Å². The quantitative estimate of drug-likeness (QED) is 0.376. The molecule has 1 aliphatic rings. The third-order valence-electron chi connectivity index (χ3n) is 5.71. The number of aliphatic hydroxyl groups excluding tert-OH is 2. The van der Waals surface area contributed by atoms with Gasteiger partial charge in [-0.2, -0.15) is 10.4 Å². The smallest absolute Gasteiger partial charge is 0.328 e. The van der Waals surface area contributed by atoms with E-state index in [0.717, 1.165) is 0 Å². The molecule has 0 aromatic carbocycles. The summed E-state index contributed by atoms with van der Waals surface area (Å²) in [5.74, 6) is -0.952. The molecule has 0 bridgehead atoms. The van der Waals surface area contributed by atoms with Gasteiger partial charge in [-0.3, -0.25) is 4.79 Å². The van der Waals surface area contributed by atoms with Crippen molar-refractivity contribution in [1.82, 2.24) is 19.9 Å². The second kappa shape index (κ2) is 9.92. The number of aliphatic hydroxyl groups is 2. The lowest BCUT2D eigenvalue weighted by molar-refractivity contribution is -0.155. The molecule has 0 aliphatic carbocycles. The number of hydrogen-bond donors (Lipinski definition) is 4. The molecule has 1 saturated heterocycles. The maximum atomic E-state index is 12.7. The number of rotatable bonds is 8. The predicted octanol–water partition coefficient (Wildman–Crippen LogP) is -0.119. The van der Waals surface area contributed by atoms with Crippen LogP contribution in [0.5, 0.6) is 0 Å². The zero-order valence-corrected chi connectivity index (χ0v) is 19.5. The molecule has 34 heavy (non-hydrogen) atoms. The van der Waals surface area contributed by atoms with Crippen molar-refractivity contribution in [1.29, 1.82) is 5.26 Å². The van der Waals surface area contributed by atoms with Crippen molar-refractivity contribution < 1.29 is 29.3 Å². The van der Waals surface area contributed by atoms with Gasteiger partial charge in [-0.15, -0.1) is 0 Å². The van der Waals surface area contributed by atoms with Crippen LogP contribution in [0.25, 0.3) is 5.52 Å². The summed E-state index contributed by atoms with van der Waals surface area (Å²) in [6.07, 6.45) is -2.96. The fourth-order valence-corrected chi connectivity index (χ4v) is 3.91. The highest BCUT2D eigenvalue weighted by Crippen LogP contribution is 2.40. The van der Waals surface area contributed by atoms with Crippen molar-refractivity contribution in [3.8, 4) is 6.07 Å². The van der Waals surface area contributed by atoms with Crippen LogP contribution in [0.3, 0.4) is 0 Å². The van der Waals surface area contributed by atoms with Gasteiger partial charge in [-0.1, -0.05) is 27.7 Å². The molecule has 5 N–H and O–H groups in total. The Balaban J connectivity index is 1.76. The van der Waals surface area contributed by atoms with Gasteiger partial charge >= 0.3 is 5.97 Å². The lowest BCUT2D eigenvalue weighted by Crippen LogP contribution is -2.46. The largest absolute Gasteiger partial charge is 0.461 e. The summed E-state index contributed by atoms with van der Waals surface area (Å²) in [4.78, 5) is 28.7. The minimum atomic E-state index is -1.99. The lowest BCUT2D eigenvalue weighted by atomic mass is 9.92. The van der Waals surface area contributed by atoms with Gasteiger partial charge in [0.1, 0.15) is 48.9 Å². The number of ether oxygens (including phenoxy) is 2. The molecule has 2 aromatic rings. The summed E-state index contributed by atoms with van der Waals surface area (Å²) in [5.41, 5.74) is 4.38. The molecule has 0 radical (unpaired) electrons. The number of nitrogens with two attached hydrogens (primary N) is 1. The van der Waals surface area contributed by atoms with Crippen LogP contribution < -0.4 is 11.1 Å². The first-order valence-corrected chi connectivity index (χ1v) is 11.0. The number of anilines is 1. The molecule has 1 aliphatic heterocycles. The van der Waals surface area contributed by atoms with Crippen LogP contribution in [0.4, 0.5) is 5.82 Å². The molecular formula is C22H30N6O6. The van der Waals surface area contributed by atoms with Crippen LogP contribution in [-0.2, 0) is 24.7 Å². The van der Waals surface area contributed by atoms with Crippen molar-refractivity contribution in [3.63, 3.8) is 0 Å². The number of nitrogen functional groups attached to an aromatic ring is 1. The Labute approximate surface area is 196 Å². The maximum Gasteiger partial charge on any atom is 0.328 e. The first-order valence-electron chi connectivity index (χ1n) is 11.0. The first kappa shape index (κ1) is 25.4. The summed E-state index contributed by atoms with van der Waals surface area (Å²) < 4.78 is 12.4. The van der Waals surface area contributed by atoms with E-state index in [-0.39, 0.29) is 35.7 Å². The molecule has 1 unspecified atom stereocenters.